The van der Waals surface area contributed by atoms with Crippen LogP contribution in [0.15, 0.2) is 6.20 Å². The summed E-state index contributed by atoms with van der Waals surface area (Å²) in [4.78, 5) is 27.7. The summed E-state index contributed by atoms with van der Waals surface area (Å²) in [6, 6.07) is 0. The first kappa shape index (κ1) is 19.7. The number of alkyl carbamates (subject to hydrolysis) is 1. The number of carbonyl (C=O) groups excluding carboxylic acids is 2. The van der Waals surface area contributed by atoms with E-state index in [2.05, 4.69) is 15.6 Å². The standard InChI is InChI=1S/C17H27N3O4/c1-11-9-19-13(12(2)15(11)23-6)10-20-14(21)7-8-18-16(22)24-17(3,4)5/h9H,7-8,10H2,1-6H3,(H,18,22)(H,20,21). The Labute approximate surface area is 143 Å². The lowest BCUT2D eigenvalue weighted by atomic mass is 10.1. The maximum atomic E-state index is 11.9. The average molecular weight is 337 g/mol. The molecule has 0 aliphatic carbocycles. The third-order valence-corrected chi connectivity index (χ3v) is 3.22. The van der Waals surface area contributed by atoms with E-state index in [1.165, 1.54) is 0 Å². The zero-order valence-electron chi connectivity index (χ0n) is 15.3. The Bertz CT molecular complexity index is 594. The molecule has 0 unspecified atom stereocenters. The summed E-state index contributed by atoms with van der Waals surface area (Å²) in [6.45, 7) is 9.70. The predicted molar refractivity (Wildman–Crippen MR) is 91.0 cm³/mol. The van der Waals surface area contributed by atoms with Crippen molar-refractivity contribution >= 4 is 12.0 Å². The van der Waals surface area contributed by atoms with Gasteiger partial charge in [-0.05, 0) is 34.6 Å². The molecule has 1 rings (SSSR count). The monoisotopic (exact) mass is 337 g/mol. The van der Waals surface area contributed by atoms with Gasteiger partial charge < -0.3 is 20.1 Å². The van der Waals surface area contributed by atoms with E-state index in [0.29, 0.717) is 6.54 Å². The lowest BCUT2D eigenvalue weighted by Gasteiger charge is -2.19. The molecule has 0 atom stereocenters. The Morgan fingerprint density at radius 1 is 1.21 bits per heavy atom. The highest BCUT2D eigenvalue weighted by Crippen LogP contribution is 2.23. The van der Waals surface area contributed by atoms with E-state index in [0.717, 1.165) is 22.6 Å². The first-order chi connectivity index (χ1) is 11.1. The highest BCUT2D eigenvalue weighted by molar-refractivity contribution is 5.77. The molecule has 0 saturated carbocycles. The Morgan fingerprint density at radius 3 is 2.46 bits per heavy atom. The number of nitrogens with one attached hydrogen (secondary N) is 2. The van der Waals surface area contributed by atoms with Crippen LogP contribution in [0.3, 0.4) is 0 Å². The molecule has 0 fully saturated rings. The number of aryl methyl sites for hydroxylation is 1. The van der Waals surface area contributed by atoms with Gasteiger partial charge in [0.05, 0.1) is 19.3 Å². The fraction of sp³-hybridized carbons (Fsp3) is 0.588. The van der Waals surface area contributed by atoms with Gasteiger partial charge >= 0.3 is 6.09 Å². The van der Waals surface area contributed by atoms with Crippen LogP contribution in [0, 0.1) is 13.8 Å². The van der Waals surface area contributed by atoms with E-state index in [9.17, 15) is 9.59 Å². The van der Waals surface area contributed by atoms with Gasteiger partial charge in [-0.1, -0.05) is 0 Å². The predicted octanol–water partition coefficient (Wildman–Crippen LogP) is 2.24. The molecule has 134 valence electrons. The topological polar surface area (TPSA) is 89.5 Å². The van der Waals surface area contributed by atoms with Crippen LogP contribution < -0.4 is 15.4 Å². The second-order valence-corrected chi connectivity index (χ2v) is 6.50. The van der Waals surface area contributed by atoms with Crippen LogP contribution in [-0.2, 0) is 16.1 Å². The van der Waals surface area contributed by atoms with Gasteiger partial charge in [0, 0.05) is 30.3 Å². The van der Waals surface area contributed by atoms with Gasteiger partial charge in [-0.3, -0.25) is 9.78 Å². The van der Waals surface area contributed by atoms with E-state index >= 15 is 0 Å². The molecule has 2 amide bonds. The summed E-state index contributed by atoms with van der Waals surface area (Å²) in [5, 5.41) is 5.33. The van der Waals surface area contributed by atoms with Crippen LogP contribution in [0.25, 0.3) is 0 Å². The molecule has 1 aromatic heterocycles. The Morgan fingerprint density at radius 2 is 1.88 bits per heavy atom. The summed E-state index contributed by atoms with van der Waals surface area (Å²) in [6.07, 6.45) is 1.36. The summed E-state index contributed by atoms with van der Waals surface area (Å²) in [5.74, 6) is 0.604. The van der Waals surface area contributed by atoms with E-state index in [4.69, 9.17) is 9.47 Å². The summed E-state index contributed by atoms with van der Waals surface area (Å²) in [7, 11) is 1.61. The van der Waals surface area contributed by atoms with Crippen LogP contribution >= 0.6 is 0 Å². The molecule has 0 radical (unpaired) electrons. The lowest BCUT2D eigenvalue weighted by molar-refractivity contribution is -0.121. The molecule has 24 heavy (non-hydrogen) atoms. The molecule has 0 aliphatic heterocycles. The van der Waals surface area contributed by atoms with E-state index < -0.39 is 11.7 Å². The average Bonchev–Trinajstić information content (AvgIpc) is 2.45. The molecular formula is C17H27N3O4. The van der Waals surface area contributed by atoms with Crippen molar-refractivity contribution in [3.63, 3.8) is 0 Å². The molecule has 0 bridgehead atoms. The number of carbonyl (C=O) groups is 2. The Balaban J connectivity index is 2.41. The number of aromatic nitrogens is 1. The summed E-state index contributed by atoms with van der Waals surface area (Å²) < 4.78 is 10.4. The summed E-state index contributed by atoms with van der Waals surface area (Å²) >= 11 is 0. The van der Waals surface area contributed by atoms with Gasteiger partial charge in [0.1, 0.15) is 11.4 Å². The minimum absolute atomic E-state index is 0.168. The number of ether oxygens (including phenoxy) is 2. The van der Waals surface area contributed by atoms with Crippen molar-refractivity contribution in [1.82, 2.24) is 15.6 Å². The van der Waals surface area contributed by atoms with Crippen LogP contribution in [0.4, 0.5) is 4.79 Å². The molecule has 7 nitrogen and oxygen atoms in total. The van der Waals surface area contributed by atoms with Crippen molar-refractivity contribution in [3.8, 4) is 5.75 Å². The minimum Gasteiger partial charge on any atom is -0.496 e. The summed E-state index contributed by atoms with van der Waals surface area (Å²) in [5.41, 5.74) is 2.06. The van der Waals surface area contributed by atoms with E-state index in [1.54, 1.807) is 34.1 Å². The molecule has 0 aromatic carbocycles. The smallest absolute Gasteiger partial charge is 0.407 e. The van der Waals surface area contributed by atoms with Gasteiger partial charge in [-0.15, -0.1) is 0 Å². The quantitative estimate of drug-likeness (QED) is 0.831. The first-order valence-electron chi connectivity index (χ1n) is 7.86. The van der Waals surface area contributed by atoms with Crippen molar-refractivity contribution in [2.75, 3.05) is 13.7 Å². The van der Waals surface area contributed by atoms with Crippen LogP contribution in [-0.4, -0.2) is 36.2 Å². The van der Waals surface area contributed by atoms with Gasteiger partial charge in [-0.25, -0.2) is 4.79 Å². The van der Waals surface area contributed by atoms with Crippen molar-refractivity contribution < 1.29 is 19.1 Å². The lowest BCUT2D eigenvalue weighted by Crippen LogP contribution is -2.35. The normalized spacial score (nSPS) is 10.9. The fourth-order valence-corrected chi connectivity index (χ4v) is 2.11. The molecule has 1 heterocycles. The molecule has 7 heteroatoms. The Hall–Kier alpha value is -2.31. The van der Waals surface area contributed by atoms with Crippen LogP contribution in [0.1, 0.15) is 44.0 Å². The second-order valence-electron chi connectivity index (χ2n) is 6.50. The van der Waals surface area contributed by atoms with Gasteiger partial charge in [0.2, 0.25) is 5.91 Å². The molecule has 1 aromatic rings. The third-order valence-electron chi connectivity index (χ3n) is 3.22. The van der Waals surface area contributed by atoms with Crippen molar-refractivity contribution in [2.45, 2.75) is 53.2 Å². The number of rotatable bonds is 6. The number of pyridine rings is 1. The first-order valence-corrected chi connectivity index (χ1v) is 7.86. The zero-order chi connectivity index (χ0) is 18.3. The molecule has 0 saturated heterocycles. The zero-order valence-corrected chi connectivity index (χ0v) is 15.3. The van der Waals surface area contributed by atoms with E-state index in [1.807, 2.05) is 13.8 Å². The number of methoxy groups -OCH3 is 1. The third kappa shape index (κ3) is 6.44. The highest BCUT2D eigenvalue weighted by Gasteiger charge is 2.16. The minimum atomic E-state index is -0.556. The Kier molecular flexibility index (Phi) is 7.00. The van der Waals surface area contributed by atoms with Crippen molar-refractivity contribution in [1.29, 1.82) is 0 Å². The van der Waals surface area contributed by atoms with Gasteiger partial charge in [0.25, 0.3) is 0 Å². The maximum absolute atomic E-state index is 11.9. The van der Waals surface area contributed by atoms with E-state index in [-0.39, 0.29) is 18.9 Å². The molecular weight excluding hydrogens is 310 g/mol. The largest absolute Gasteiger partial charge is 0.496 e. The molecule has 0 spiro atoms. The number of hydrogen-bond donors (Lipinski definition) is 2. The number of nitrogens with zero attached hydrogens (tertiary/aromatic N) is 1. The highest BCUT2D eigenvalue weighted by atomic mass is 16.6. The van der Waals surface area contributed by atoms with Crippen molar-refractivity contribution in [2.24, 2.45) is 0 Å². The maximum Gasteiger partial charge on any atom is 0.407 e. The van der Waals surface area contributed by atoms with Gasteiger partial charge in [0.15, 0.2) is 0 Å². The number of amides is 2. The molecule has 0 aliphatic rings. The van der Waals surface area contributed by atoms with Crippen LogP contribution in [0.2, 0.25) is 0 Å². The van der Waals surface area contributed by atoms with Gasteiger partial charge in [-0.2, -0.15) is 0 Å². The fourth-order valence-electron chi connectivity index (χ4n) is 2.11. The second kappa shape index (κ2) is 8.52. The molecule has 2 N–H and O–H groups in total. The van der Waals surface area contributed by atoms with Crippen LogP contribution in [0.5, 0.6) is 5.75 Å². The van der Waals surface area contributed by atoms with Crippen molar-refractivity contribution in [3.05, 3.63) is 23.0 Å². The number of hydrogen-bond acceptors (Lipinski definition) is 5. The SMILES string of the molecule is COc1c(C)cnc(CNC(=O)CCNC(=O)OC(C)(C)C)c1C.